The monoisotopic (exact) mass is 295 g/mol. The van der Waals surface area contributed by atoms with Crippen molar-refractivity contribution >= 4 is 11.7 Å². The van der Waals surface area contributed by atoms with Gasteiger partial charge in [-0.25, -0.2) is 9.18 Å². The average Bonchev–Trinajstić information content (AvgIpc) is 2.49. The van der Waals surface area contributed by atoms with Gasteiger partial charge in [-0.05, 0) is 25.5 Å². The Morgan fingerprint density at radius 3 is 2.81 bits per heavy atom. The van der Waals surface area contributed by atoms with Gasteiger partial charge in [-0.15, -0.1) is 0 Å². The highest BCUT2D eigenvalue weighted by Gasteiger charge is 2.48. The van der Waals surface area contributed by atoms with Crippen LogP contribution >= 0.6 is 0 Å². The second kappa shape index (κ2) is 6.02. The smallest absolute Gasteiger partial charge is 0.331 e. The fourth-order valence-corrected chi connectivity index (χ4v) is 2.82. The van der Waals surface area contributed by atoms with Gasteiger partial charge in [0, 0.05) is 12.8 Å². The van der Waals surface area contributed by atoms with Gasteiger partial charge >= 0.3 is 5.97 Å². The van der Waals surface area contributed by atoms with Crippen LogP contribution in [0.15, 0.2) is 24.3 Å². The number of halogens is 1. The van der Waals surface area contributed by atoms with Gasteiger partial charge < -0.3 is 14.8 Å². The van der Waals surface area contributed by atoms with Crippen molar-refractivity contribution in [3.63, 3.8) is 0 Å². The first kappa shape index (κ1) is 15.8. The molecule has 1 heterocycles. The Balaban J connectivity index is 2.34. The molecule has 0 saturated carbocycles. The Labute approximate surface area is 124 Å². The molecule has 1 N–H and O–H groups in total. The molecule has 0 aliphatic carbocycles. The molecule has 1 aromatic rings. The molecule has 0 bridgehead atoms. The minimum absolute atomic E-state index is 0.309. The number of rotatable bonds is 4. The molecule has 1 saturated heterocycles. The Morgan fingerprint density at radius 2 is 2.19 bits per heavy atom. The molecule has 1 fully saturated rings. The van der Waals surface area contributed by atoms with E-state index < -0.39 is 11.1 Å². The lowest BCUT2D eigenvalue weighted by atomic mass is 9.79. The Hall–Kier alpha value is -1.62. The van der Waals surface area contributed by atoms with Crippen LogP contribution in [0.4, 0.5) is 10.1 Å². The number of carbonyl (C=O) groups is 1. The molecule has 21 heavy (non-hydrogen) atoms. The molecule has 5 heteroatoms. The molecular formula is C16H22FNO3. The summed E-state index contributed by atoms with van der Waals surface area (Å²) in [6, 6.07) is 6.34. The number of anilines is 1. The quantitative estimate of drug-likeness (QED) is 0.867. The summed E-state index contributed by atoms with van der Waals surface area (Å²) >= 11 is 0. The maximum atomic E-state index is 13.9. The number of hydrogen-bond donors (Lipinski definition) is 1. The molecule has 0 aromatic heterocycles. The Bertz CT molecular complexity index is 522. The van der Waals surface area contributed by atoms with Gasteiger partial charge in [0.1, 0.15) is 11.4 Å². The van der Waals surface area contributed by atoms with Crippen LogP contribution in [0.3, 0.4) is 0 Å². The summed E-state index contributed by atoms with van der Waals surface area (Å²) in [5.41, 5.74) is -1.08. The van der Waals surface area contributed by atoms with E-state index in [0.717, 1.165) is 6.42 Å². The summed E-state index contributed by atoms with van der Waals surface area (Å²) in [6.45, 7) is 4.41. The van der Waals surface area contributed by atoms with E-state index in [-0.39, 0.29) is 11.8 Å². The molecule has 0 spiro atoms. The van der Waals surface area contributed by atoms with Gasteiger partial charge in [0.05, 0.1) is 25.0 Å². The highest BCUT2D eigenvalue weighted by Crippen LogP contribution is 2.38. The van der Waals surface area contributed by atoms with Crippen LogP contribution in [-0.2, 0) is 14.3 Å². The number of carbonyl (C=O) groups excluding carboxylic acids is 1. The predicted octanol–water partition coefficient (Wildman–Crippen LogP) is 3.13. The maximum Gasteiger partial charge on any atom is 0.331 e. The highest BCUT2D eigenvalue weighted by molar-refractivity contribution is 5.85. The molecule has 1 aromatic carbocycles. The first-order valence-corrected chi connectivity index (χ1v) is 7.20. The van der Waals surface area contributed by atoms with Crippen LogP contribution in [0.1, 0.15) is 33.1 Å². The van der Waals surface area contributed by atoms with Gasteiger partial charge in [0.15, 0.2) is 0 Å². The van der Waals surface area contributed by atoms with Crippen LogP contribution in [0.5, 0.6) is 0 Å². The van der Waals surface area contributed by atoms with E-state index >= 15 is 0 Å². The van der Waals surface area contributed by atoms with Crippen molar-refractivity contribution < 1.29 is 18.7 Å². The third-order valence-corrected chi connectivity index (χ3v) is 4.23. The molecule has 0 radical (unpaired) electrons. The second-order valence-corrected chi connectivity index (χ2v) is 5.76. The van der Waals surface area contributed by atoms with Crippen molar-refractivity contribution in [2.24, 2.45) is 0 Å². The van der Waals surface area contributed by atoms with E-state index in [9.17, 15) is 9.18 Å². The normalized spacial score (nSPS) is 29.0. The number of ether oxygens (including phenoxy) is 2. The summed E-state index contributed by atoms with van der Waals surface area (Å²) in [5.74, 6) is -0.765. The zero-order valence-corrected chi connectivity index (χ0v) is 12.7. The van der Waals surface area contributed by atoms with Gasteiger partial charge in [-0.3, -0.25) is 0 Å². The predicted molar refractivity (Wildman–Crippen MR) is 78.7 cm³/mol. The van der Waals surface area contributed by atoms with Crippen molar-refractivity contribution in [2.45, 2.75) is 44.2 Å². The number of esters is 1. The van der Waals surface area contributed by atoms with E-state index in [1.165, 1.54) is 13.2 Å². The van der Waals surface area contributed by atoms with Crippen molar-refractivity contribution in [1.82, 2.24) is 0 Å². The fourth-order valence-electron chi connectivity index (χ4n) is 2.82. The lowest BCUT2D eigenvalue weighted by Crippen LogP contribution is -2.57. The van der Waals surface area contributed by atoms with Crippen LogP contribution in [0.2, 0.25) is 0 Å². The van der Waals surface area contributed by atoms with Gasteiger partial charge in [0.25, 0.3) is 0 Å². The van der Waals surface area contributed by atoms with E-state index in [0.29, 0.717) is 25.1 Å². The van der Waals surface area contributed by atoms with Gasteiger partial charge in [-0.1, -0.05) is 19.1 Å². The summed E-state index contributed by atoms with van der Waals surface area (Å²) in [6.07, 6.45) is 1.66. The maximum absolute atomic E-state index is 13.9. The Kier molecular flexibility index (Phi) is 4.52. The third-order valence-electron chi connectivity index (χ3n) is 4.23. The highest BCUT2D eigenvalue weighted by atomic mass is 19.1. The largest absolute Gasteiger partial charge is 0.467 e. The molecule has 2 atom stereocenters. The number of hydrogen-bond acceptors (Lipinski definition) is 4. The number of methoxy groups -OCH3 is 1. The van der Waals surface area contributed by atoms with Crippen LogP contribution in [0.25, 0.3) is 0 Å². The van der Waals surface area contributed by atoms with E-state index in [1.54, 1.807) is 18.2 Å². The van der Waals surface area contributed by atoms with Crippen molar-refractivity contribution in [1.29, 1.82) is 0 Å². The molecule has 2 unspecified atom stereocenters. The lowest BCUT2D eigenvalue weighted by molar-refractivity contribution is -0.158. The number of benzene rings is 1. The first-order chi connectivity index (χ1) is 9.95. The molecular weight excluding hydrogens is 273 g/mol. The summed E-state index contributed by atoms with van der Waals surface area (Å²) in [7, 11) is 1.35. The van der Waals surface area contributed by atoms with Gasteiger partial charge in [-0.2, -0.15) is 0 Å². The van der Waals surface area contributed by atoms with Gasteiger partial charge in [0.2, 0.25) is 0 Å². The number of para-hydroxylation sites is 1. The van der Waals surface area contributed by atoms with Crippen LogP contribution < -0.4 is 5.32 Å². The molecule has 0 amide bonds. The van der Waals surface area contributed by atoms with Crippen molar-refractivity contribution in [3.05, 3.63) is 30.1 Å². The van der Waals surface area contributed by atoms with Crippen LogP contribution in [-0.4, -0.2) is 30.8 Å². The van der Waals surface area contributed by atoms with Crippen LogP contribution in [0, 0.1) is 5.82 Å². The minimum Gasteiger partial charge on any atom is -0.467 e. The molecule has 1 aliphatic heterocycles. The zero-order chi connectivity index (χ0) is 15.5. The van der Waals surface area contributed by atoms with E-state index in [1.807, 2.05) is 13.8 Å². The summed E-state index contributed by atoms with van der Waals surface area (Å²) < 4.78 is 24.7. The third kappa shape index (κ3) is 3.18. The second-order valence-electron chi connectivity index (χ2n) is 5.76. The lowest BCUT2D eigenvalue weighted by Gasteiger charge is -2.45. The first-order valence-electron chi connectivity index (χ1n) is 7.20. The summed E-state index contributed by atoms with van der Waals surface area (Å²) in [4.78, 5) is 12.3. The summed E-state index contributed by atoms with van der Waals surface area (Å²) in [5, 5.41) is 3.07. The molecule has 4 nitrogen and oxygen atoms in total. The van der Waals surface area contributed by atoms with E-state index in [2.05, 4.69) is 5.32 Å². The van der Waals surface area contributed by atoms with Crippen molar-refractivity contribution in [3.8, 4) is 0 Å². The van der Waals surface area contributed by atoms with Crippen molar-refractivity contribution in [2.75, 3.05) is 19.0 Å². The van der Waals surface area contributed by atoms with E-state index in [4.69, 9.17) is 9.47 Å². The zero-order valence-electron chi connectivity index (χ0n) is 12.7. The molecule has 1 aliphatic rings. The standard InChI is InChI=1S/C16H22FNO3/c1-4-15(2)11-16(9-10-21-15,14(19)20-3)18-13-8-6-5-7-12(13)17/h5-8,18H,4,9-11H2,1-3H3. The average molecular weight is 295 g/mol. The fraction of sp³-hybridized carbons (Fsp3) is 0.562. The minimum atomic E-state index is -0.958. The molecule has 116 valence electrons. The number of nitrogens with one attached hydrogen (secondary N) is 1. The topological polar surface area (TPSA) is 47.6 Å². The Morgan fingerprint density at radius 1 is 1.48 bits per heavy atom. The SMILES string of the molecule is CCC1(C)CC(Nc2ccccc2F)(C(=O)OC)CCO1. The molecule has 2 rings (SSSR count).